The zero-order valence-corrected chi connectivity index (χ0v) is 18.8. The number of nitrogens with zero attached hydrogens (tertiary/aromatic N) is 4. The predicted octanol–water partition coefficient (Wildman–Crippen LogP) is 2.81. The minimum Gasteiger partial charge on any atom is -0.353 e. The van der Waals surface area contributed by atoms with Crippen LogP contribution >= 0.6 is 11.6 Å². The molecule has 7 heteroatoms. The Morgan fingerprint density at radius 3 is 2.35 bits per heavy atom. The predicted molar refractivity (Wildman–Crippen MR) is 124 cm³/mol. The van der Waals surface area contributed by atoms with Crippen molar-refractivity contribution in [3.63, 3.8) is 0 Å². The summed E-state index contributed by atoms with van der Waals surface area (Å²) < 4.78 is 0. The number of hydrogen-bond donors (Lipinski definition) is 1. The summed E-state index contributed by atoms with van der Waals surface area (Å²) in [6.45, 7) is 7.91. The first-order valence-electron chi connectivity index (χ1n) is 11.3. The Labute approximate surface area is 190 Å². The van der Waals surface area contributed by atoms with E-state index >= 15 is 0 Å². The molecule has 2 aliphatic rings. The van der Waals surface area contributed by atoms with E-state index in [1.807, 2.05) is 30.6 Å². The number of carbonyl (C=O) groups is 1. The van der Waals surface area contributed by atoms with Gasteiger partial charge in [0, 0.05) is 56.7 Å². The minimum atomic E-state index is 0.0961. The van der Waals surface area contributed by atoms with Crippen LogP contribution in [0.5, 0.6) is 0 Å². The molecule has 31 heavy (non-hydrogen) atoms. The number of carbonyl (C=O) groups excluding carboxylic acids is 1. The van der Waals surface area contributed by atoms with Crippen LogP contribution in [-0.2, 0) is 11.3 Å². The molecule has 0 bridgehead atoms. The summed E-state index contributed by atoms with van der Waals surface area (Å²) in [5.41, 5.74) is 2.39. The Morgan fingerprint density at radius 2 is 1.65 bits per heavy atom. The lowest BCUT2D eigenvalue weighted by Crippen LogP contribution is -2.49. The van der Waals surface area contributed by atoms with Crippen molar-refractivity contribution < 1.29 is 4.79 Å². The van der Waals surface area contributed by atoms with Gasteiger partial charge in [-0.05, 0) is 55.3 Å². The smallest absolute Gasteiger partial charge is 0.234 e. The second-order valence-electron chi connectivity index (χ2n) is 8.49. The summed E-state index contributed by atoms with van der Waals surface area (Å²) in [4.78, 5) is 23.9. The number of benzene rings is 1. The first kappa shape index (κ1) is 22.2. The van der Waals surface area contributed by atoms with Gasteiger partial charge in [0.1, 0.15) is 0 Å². The summed E-state index contributed by atoms with van der Waals surface area (Å²) in [5.74, 6) is 0.0961. The van der Waals surface area contributed by atoms with Crippen LogP contribution in [0.1, 0.15) is 30.0 Å². The molecule has 6 nitrogen and oxygen atoms in total. The van der Waals surface area contributed by atoms with Crippen molar-refractivity contribution >= 4 is 17.5 Å². The topological polar surface area (TPSA) is 51.7 Å². The van der Waals surface area contributed by atoms with Crippen molar-refractivity contribution in [2.75, 3.05) is 52.4 Å². The first-order chi connectivity index (χ1) is 15.2. The Kier molecular flexibility index (Phi) is 7.92. The zero-order chi connectivity index (χ0) is 21.5. The molecule has 1 unspecified atom stereocenters. The van der Waals surface area contributed by atoms with Gasteiger partial charge in [-0.2, -0.15) is 0 Å². The molecule has 1 N–H and O–H groups in total. The highest BCUT2D eigenvalue weighted by Gasteiger charge is 2.26. The second-order valence-corrected chi connectivity index (χ2v) is 8.90. The van der Waals surface area contributed by atoms with Crippen LogP contribution in [0, 0.1) is 0 Å². The maximum absolute atomic E-state index is 12.7. The van der Waals surface area contributed by atoms with E-state index in [4.69, 9.17) is 11.6 Å². The molecule has 1 aromatic carbocycles. The Hall–Kier alpha value is -1.99. The van der Waals surface area contributed by atoms with Crippen molar-refractivity contribution in [2.45, 2.75) is 25.4 Å². The summed E-state index contributed by atoms with van der Waals surface area (Å²) in [6.07, 6.45) is 6.10. The fourth-order valence-corrected chi connectivity index (χ4v) is 4.82. The standard InChI is InChI=1S/C24H32ClN5O/c25-22-6-2-1-5-21(22)23(30-11-3-4-12-30)17-27-24(31)19-29-15-13-28(14-16-29)18-20-7-9-26-10-8-20/h1-2,5-10,23H,3-4,11-19H2,(H,27,31). The maximum atomic E-state index is 12.7. The van der Waals surface area contributed by atoms with Crippen LogP contribution in [0.15, 0.2) is 48.8 Å². The molecule has 1 aromatic heterocycles. The molecule has 166 valence electrons. The van der Waals surface area contributed by atoms with Gasteiger partial charge >= 0.3 is 0 Å². The van der Waals surface area contributed by atoms with E-state index in [2.05, 4.69) is 43.2 Å². The number of pyridine rings is 1. The van der Waals surface area contributed by atoms with E-state index in [1.54, 1.807) is 0 Å². The van der Waals surface area contributed by atoms with Gasteiger partial charge in [-0.25, -0.2) is 0 Å². The van der Waals surface area contributed by atoms with E-state index in [0.29, 0.717) is 13.1 Å². The van der Waals surface area contributed by atoms with Crippen LogP contribution in [-0.4, -0.2) is 77.9 Å². The lowest BCUT2D eigenvalue weighted by molar-refractivity contribution is -0.122. The molecule has 0 aliphatic carbocycles. The highest BCUT2D eigenvalue weighted by atomic mass is 35.5. The average Bonchev–Trinajstić information content (AvgIpc) is 3.32. The number of aromatic nitrogens is 1. The van der Waals surface area contributed by atoms with E-state index in [9.17, 15) is 4.79 Å². The summed E-state index contributed by atoms with van der Waals surface area (Å²) in [5, 5.41) is 3.96. The molecule has 0 spiro atoms. The van der Waals surface area contributed by atoms with E-state index in [1.165, 1.54) is 18.4 Å². The second kappa shape index (κ2) is 11.0. The number of amides is 1. The van der Waals surface area contributed by atoms with Crippen LogP contribution in [0.25, 0.3) is 0 Å². The van der Waals surface area contributed by atoms with Gasteiger partial charge < -0.3 is 5.32 Å². The zero-order valence-electron chi connectivity index (χ0n) is 18.0. The first-order valence-corrected chi connectivity index (χ1v) is 11.7. The van der Waals surface area contributed by atoms with E-state index < -0.39 is 0 Å². The monoisotopic (exact) mass is 441 g/mol. The van der Waals surface area contributed by atoms with Gasteiger partial charge in [0.2, 0.25) is 5.91 Å². The normalized spacial score (nSPS) is 19.4. The van der Waals surface area contributed by atoms with Crippen molar-refractivity contribution in [3.05, 3.63) is 64.9 Å². The lowest BCUT2D eigenvalue weighted by Gasteiger charge is -2.34. The van der Waals surface area contributed by atoms with E-state index in [0.717, 1.165) is 56.4 Å². The third-order valence-corrected chi connectivity index (χ3v) is 6.67. The van der Waals surface area contributed by atoms with Crippen LogP contribution in [0.3, 0.4) is 0 Å². The van der Waals surface area contributed by atoms with Gasteiger partial charge in [-0.3, -0.25) is 24.5 Å². The number of halogens is 1. The third kappa shape index (κ3) is 6.26. The van der Waals surface area contributed by atoms with Crippen molar-refractivity contribution in [3.8, 4) is 0 Å². The van der Waals surface area contributed by atoms with Gasteiger partial charge in [0.15, 0.2) is 0 Å². The number of nitrogens with one attached hydrogen (secondary N) is 1. The van der Waals surface area contributed by atoms with Crippen LogP contribution < -0.4 is 5.32 Å². The molecule has 1 atom stereocenters. The van der Waals surface area contributed by atoms with Crippen molar-refractivity contribution in [1.29, 1.82) is 0 Å². The van der Waals surface area contributed by atoms with Gasteiger partial charge in [-0.1, -0.05) is 29.8 Å². The highest BCUT2D eigenvalue weighted by molar-refractivity contribution is 6.31. The summed E-state index contributed by atoms with van der Waals surface area (Å²) in [6, 6.07) is 12.3. The molecule has 1 amide bonds. The third-order valence-electron chi connectivity index (χ3n) is 6.33. The van der Waals surface area contributed by atoms with Crippen LogP contribution in [0.2, 0.25) is 5.02 Å². The van der Waals surface area contributed by atoms with Crippen molar-refractivity contribution in [2.24, 2.45) is 0 Å². The molecule has 4 rings (SSSR count). The quantitative estimate of drug-likeness (QED) is 0.682. The lowest BCUT2D eigenvalue weighted by atomic mass is 10.1. The largest absolute Gasteiger partial charge is 0.353 e. The number of likely N-dealkylation sites (tertiary alicyclic amines) is 1. The Balaban J connectivity index is 1.25. The molecule has 2 fully saturated rings. The van der Waals surface area contributed by atoms with Crippen molar-refractivity contribution in [1.82, 2.24) is 25.0 Å². The fourth-order valence-electron chi connectivity index (χ4n) is 4.56. The fraction of sp³-hybridized carbons (Fsp3) is 0.500. The Morgan fingerprint density at radius 1 is 0.968 bits per heavy atom. The minimum absolute atomic E-state index is 0.0961. The van der Waals surface area contributed by atoms with Gasteiger partial charge in [0.05, 0.1) is 12.6 Å². The molecular formula is C24H32ClN5O. The Bertz CT molecular complexity index is 835. The molecule has 2 aliphatic heterocycles. The van der Waals surface area contributed by atoms with Crippen LogP contribution in [0.4, 0.5) is 0 Å². The number of hydrogen-bond acceptors (Lipinski definition) is 5. The molecule has 0 saturated carbocycles. The molecular weight excluding hydrogens is 410 g/mol. The maximum Gasteiger partial charge on any atom is 0.234 e. The summed E-state index contributed by atoms with van der Waals surface area (Å²) in [7, 11) is 0. The highest BCUT2D eigenvalue weighted by Crippen LogP contribution is 2.29. The number of rotatable bonds is 8. The average molecular weight is 442 g/mol. The molecule has 2 saturated heterocycles. The van der Waals surface area contributed by atoms with E-state index in [-0.39, 0.29) is 11.9 Å². The number of piperazine rings is 1. The molecule has 3 heterocycles. The summed E-state index contributed by atoms with van der Waals surface area (Å²) >= 11 is 6.48. The SMILES string of the molecule is O=C(CN1CCN(Cc2ccncc2)CC1)NCC(c1ccccc1Cl)N1CCCC1. The van der Waals surface area contributed by atoms with Gasteiger partial charge in [-0.15, -0.1) is 0 Å². The molecule has 2 aromatic rings. The molecule has 0 radical (unpaired) electrons. The van der Waals surface area contributed by atoms with Gasteiger partial charge in [0.25, 0.3) is 0 Å².